The lowest BCUT2D eigenvalue weighted by Crippen LogP contribution is -2.30. The van der Waals surface area contributed by atoms with Crippen LogP contribution in [0.3, 0.4) is 0 Å². The van der Waals surface area contributed by atoms with Crippen LogP contribution in [-0.4, -0.2) is 29.0 Å². The number of nitrogens with one attached hydrogen (secondary N) is 1. The second-order valence-electron chi connectivity index (χ2n) is 8.76. The summed E-state index contributed by atoms with van der Waals surface area (Å²) >= 11 is 0. The summed E-state index contributed by atoms with van der Waals surface area (Å²) in [6.07, 6.45) is 7.15. The highest BCUT2D eigenvalue weighted by Gasteiger charge is 2.46. The van der Waals surface area contributed by atoms with Crippen LogP contribution < -0.4 is 10.1 Å². The quantitative estimate of drug-likeness (QED) is 0.615. The number of hydrogen-bond acceptors (Lipinski definition) is 7. The Morgan fingerprint density at radius 2 is 1.93 bits per heavy atom. The van der Waals surface area contributed by atoms with Crippen molar-refractivity contribution in [2.24, 2.45) is 11.8 Å². The zero-order chi connectivity index (χ0) is 20.6. The number of benzene rings is 1. The van der Waals surface area contributed by atoms with Gasteiger partial charge in [0.15, 0.2) is 5.82 Å². The van der Waals surface area contributed by atoms with E-state index in [4.69, 9.17) is 13.8 Å². The second-order valence-corrected chi connectivity index (χ2v) is 8.76. The Bertz CT molecular complexity index is 1000. The van der Waals surface area contributed by atoms with Gasteiger partial charge in [-0.05, 0) is 69.4 Å². The molecular formula is C23H28N4O3. The largest absolute Gasteiger partial charge is 0.467 e. The number of hydrogen-bond donors (Lipinski definition) is 1. The van der Waals surface area contributed by atoms with Crippen LogP contribution in [-0.2, 0) is 5.41 Å². The average molecular weight is 409 g/mol. The molecule has 3 saturated carbocycles. The third-order valence-electron chi connectivity index (χ3n) is 7.05. The molecule has 0 aliphatic heterocycles. The van der Waals surface area contributed by atoms with Crippen LogP contribution in [0.1, 0.15) is 50.2 Å². The highest BCUT2D eigenvalue weighted by atomic mass is 16.6. The predicted octanol–water partition coefficient (Wildman–Crippen LogP) is 4.99. The molecule has 1 atom stereocenters. The summed E-state index contributed by atoms with van der Waals surface area (Å²) in [6, 6.07) is 10.1. The van der Waals surface area contributed by atoms with Gasteiger partial charge in [0.1, 0.15) is 5.69 Å². The van der Waals surface area contributed by atoms with Gasteiger partial charge in [0.05, 0.1) is 13.2 Å². The zero-order valence-corrected chi connectivity index (χ0v) is 17.6. The molecule has 3 fully saturated rings. The van der Waals surface area contributed by atoms with Crippen LogP contribution in [0, 0.1) is 18.8 Å². The maximum absolute atomic E-state index is 5.61. The second kappa shape index (κ2) is 7.78. The summed E-state index contributed by atoms with van der Waals surface area (Å²) in [5, 5.41) is 11.8. The first-order chi connectivity index (χ1) is 14.6. The van der Waals surface area contributed by atoms with Gasteiger partial charge in [-0.2, -0.15) is 4.98 Å². The molecule has 1 N–H and O–H groups in total. The summed E-state index contributed by atoms with van der Waals surface area (Å²) in [4.78, 5) is 4.59. The van der Waals surface area contributed by atoms with Gasteiger partial charge in [0, 0.05) is 23.2 Å². The van der Waals surface area contributed by atoms with E-state index < -0.39 is 0 Å². The van der Waals surface area contributed by atoms with Crippen molar-refractivity contribution in [2.75, 3.05) is 19.0 Å². The van der Waals surface area contributed by atoms with Crippen LogP contribution in [0.5, 0.6) is 5.95 Å². The van der Waals surface area contributed by atoms with Gasteiger partial charge in [0.25, 0.3) is 0 Å². The lowest BCUT2D eigenvalue weighted by Gasteiger charge is -2.34. The van der Waals surface area contributed by atoms with E-state index in [1.54, 1.807) is 7.11 Å². The van der Waals surface area contributed by atoms with Crippen LogP contribution in [0.25, 0.3) is 11.3 Å². The molecule has 2 bridgehead atoms. The topological polar surface area (TPSA) is 86.2 Å². The first-order valence-corrected chi connectivity index (χ1v) is 10.8. The third-order valence-corrected chi connectivity index (χ3v) is 7.05. The molecule has 1 aromatic carbocycles. The molecule has 7 nitrogen and oxygen atoms in total. The SMILES string of the molecule is COc1cc(-c2cccc(NCC3CCC4(c5nc(C)no5)CCC3CC4)c2)no1. The maximum Gasteiger partial charge on any atom is 0.311 e. The minimum Gasteiger partial charge on any atom is -0.467 e. The van der Waals surface area contributed by atoms with Crippen LogP contribution in [0.2, 0.25) is 0 Å². The summed E-state index contributed by atoms with van der Waals surface area (Å²) in [7, 11) is 1.58. The molecule has 3 aliphatic carbocycles. The first-order valence-electron chi connectivity index (χ1n) is 10.8. The van der Waals surface area contributed by atoms with Crippen molar-refractivity contribution in [2.45, 2.75) is 50.9 Å². The fourth-order valence-electron chi connectivity index (χ4n) is 5.24. The Morgan fingerprint density at radius 1 is 1.10 bits per heavy atom. The molecule has 2 heterocycles. The van der Waals surface area contributed by atoms with Gasteiger partial charge < -0.3 is 19.1 Å². The lowest BCUT2D eigenvalue weighted by atomic mass is 9.70. The fraction of sp³-hybridized carbons (Fsp3) is 0.522. The molecule has 1 unspecified atom stereocenters. The zero-order valence-electron chi connectivity index (χ0n) is 17.6. The molecule has 0 spiro atoms. The third kappa shape index (κ3) is 3.57. The number of aromatic nitrogens is 3. The van der Waals surface area contributed by atoms with Gasteiger partial charge in [-0.1, -0.05) is 22.4 Å². The van der Waals surface area contributed by atoms with E-state index in [2.05, 4.69) is 32.7 Å². The van der Waals surface area contributed by atoms with E-state index in [0.717, 1.165) is 47.5 Å². The Hall–Kier alpha value is -2.83. The van der Waals surface area contributed by atoms with Crippen molar-refractivity contribution in [3.8, 4) is 17.2 Å². The Kier molecular flexibility index (Phi) is 4.97. The molecule has 0 amide bonds. The van der Waals surface area contributed by atoms with E-state index >= 15 is 0 Å². The maximum atomic E-state index is 5.61. The highest BCUT2D eigenvalue weighted by molar-refractivity contribution is 5.65. The van der Waals surface area contributed by atoms with Crippen LogP contribution in [0.15, 0.2) is 39.4 Å². The number of ether oxygens (including phenoxy) is 1. The molecule has 30 heavy (non-hydrogen) atoms. The van der Waals surface area contributed by atoms with Crippen molar-refractivity contribution in [3.63, 3.8) is 0 Å². The summed E-state index contributed by atoms with van der Waals surface area (Å²) < 4.78 is 15.9. The highest BCUT2D eigenvalue weighted by Crippen LogP contribution is 2.51. The molecule has 6 rings (SSSR count). The molecule has 3 aliphatic rings. The van der Waals surface area contributed by atoms with Gasteiger partial charge in [-0.25, -0.2) is 0 Å². The van der Waals surface area contributed by atoms with Crippen molar-refractivity contribution < 1.29 is 13.8 Å². The van der Waals surface area contributed by atoms with E-state index in [1.807, 2.05) is 25.1 Å². The molecule has 2 aromatic heterocycles. The van der Waals surface area contributed by atoms with Crippen molar-refractivity contribution in [1.82, 2.24) is 15.3 Å². The molecular weight excluding hydrogens is 380 g/mol. The van der Waals surface area contributed by atoms with E-state index in [1.165, 1.54) is 32.1 Å². The predicted molar refractivity (Wildman–Crippen MR) is 112 cm³/mol. The Labute approximate surface area is 176 Å². The number of fused-ring (bicyclic) bond motifs is 4. The standard InChI is InChI=1S/C23H28N4O3/c1-15-25-22(30-26-15)23-9-6-16(7-10-23)18(8-11-23)14-24-19-5-3-4-17(12-19)20-13-21(28-2)29-27-20/h3-5,12-13,16,18,24H,6-11,14H2,1-2H3. The van der Waals surface area contributed by atoms with Crippen molar-refractivity contribution in [1.29, 1.82) is 0 Å². The number of aryl methyl sites for hydroxylation is 1. The Morgan fingerprint density at radius 3 is 2.67 bits per heavy atom. The summed E-state index contributed by atoms with van der Waals surface area (Å²) in [5.74, 6) is 3.45. The van der Waals surface area contributed by atoms with Gasteiger partial charge in [0.2, 0.25) is 5.89 Å². The van der Waals surface area contributed by atoms with Gasteiger partial charge in [-0.15, -0.1) is 0 Å². The van der Waals surface area contributed by atoms with Crippen LogP contribution >= 0.6 is 0 Å². The number of methoxy groups -OCH3 is 1. The van der Waals surface area contributed by atoms with Gasteiger partial charge >= 0.3 is 5.95 Å². The minimum absolute atomic E-state index is 0.0957. The number of rotatable bonds is 6. The van der Waals surface area contributed by atoms with E-state index in [-0.39, 0.29) is 5.41 Å². The normalized spacial score (nSPS) is 25.8. The fourth-order valence-corrected chi connectivity index (χ4v) is 5.24. The monoisotopic (exact) mass is 408 g/mol. The molecule has 158 valence electrons. The molecule has 0 radical (unpaired) electrons. The first kappa shape index (κ1) is 19.2. The summed E-state index contributed by atoms with van der Waals surface area (Å²) in [5.41, 5.74) is 2.99. The Balaban J connectivity index is 1.26. The van der Waals surface area contributed by atoms with E-state index in [9.17, 15) is 0 Å². The number of nitrogens with zero attached hydrogens (tertiary/aromatic N) is 3. The molecule has 7 heteroatoms. The average Bonchev–Trinajstić information content (AvgIpc) is 3.36. The molecule has 0 saturated heterocycles. The smallest absolute Gasteiger partial charge is 0.311 e. The van der Waals surface area contributed by atoms with Crippen molar-refractivity contribution in [3.05, 3.63) is 42.0 Å². The summed E-state index contributed by atoms with van der Waals surface area (Å²) in [6.45, 7) is 2.89. The van der Waals surface area contributed by atoms with Crippen LogP contribution in [0.4, 0.5) is 5.69 Å². The lowest BCUT2D eigenvalue weighted by molar-refractivity contribution is 0.189. The van der Waals surface area contributed by atoms with E-state index in [0.29, 0.717) is 11.9 Å². The van der Waals surface area contributed by atoms with Crippen molar-refractivity contribution >= 4 is 5.69 Å². The molecule has 3 aromatic rings. The van der Waals surface area contributed by atoms with Gasteiger partial charge in [-0.3, -0.25) is 0 Å². The minimum atomic E-state index is 0.0957. The number of anilines is 1.